The lowest BCUT2D eigenvalue weighted by atomic mass is 10.2. The highest BCUT2D eigenvalue weighted by Crippen LogP contribution is 2.34. The summed E-state index contributed by atoms with van der Waals surface area (Å²) < 4.78 is 4.33. The molecule has 104 valence electrons. The van der Waals surface area contributed by atoms with Crippen molar-refractivity contribution in [3.8, 4) is 0 Å². The number of nitro benzene ring substituents is 2. The molecule has 0 spiro atoms. The predicted octanol–water partition coefficient (Wildman–Crippen LogP) is 1.14. The van der Waals surface area contributed by atoms with Crippen LogP contribution in [0.2, 0.25) is 0 Å². The predicted molar refractivity (Wildman–Crippen MR) is 65.4 cm³/mol. The molecule has 0 aliphatic rings. The van der Waals surface area contributed by atoms with Crippen molar-refractivity contribution >= 4 is 38.9 Å². The first kappa shape index (κ1) is 13.6. The van der Waals surface area contributed by atoms with E-state index in [4.69, 9.17) is 0 Å². The van der Waals surface area contributed by atoms with Crippen LogP contribution in [0, 0.1) is 25.4 Å². The van der Waals surface area contributed by atoms with Crippen LogP contribution < -0.4 is 4.73 Å². The highest BCUT2D eigenvalue weighted by Gasteiger charge is 2.32. The summed E-state index contributed by atoms with van der Waals surface area (Å²) in [5, 5.41) is 33.0. The van der Waals surface area contributed by atoms with Crippen LogP contribution in [-0.4, -0.2) is 22.9 Å². The number of hydrogen-bond donors (Lipinski definition) is 0. The molecule has 2 rings (SSSR count). The zero-order valence-corrected chi connectivity index (χ0v) is 10.6. The summed E-state index contributed by atoms with van der Waals surface area (Å²) in [5.41, 5.74) is -1.54. The Balaban J connectivity index is 2.86. The summed E-state index contributed by atoms with van der Waals surface area (Å²) in [6.45, 7) is 0. The molecule has 0 bridgehead atoms. The first-order valence-electron chi connectivity index (χ1n) is 4.94. The van der Waals surface area contributed by atoms with E-state index < -0.39 is 32.2 Å². The molecular weight excluding hydrogens is 294 g/mol. The van der Waals surface area contributed by atoms with Crippen LogP contribution in [0.1, 0.15) is 9.80 Å². The lowest BCUT2D eigenvalue weighted by molar-refractivity contribution is -0.575. The maximum absolute atomic E-state index is 11.9. The summed E-state index contributed by atoms with van der Waals surface area (Å²) in [7, 11) is 1.05. The Morgan fingerprint density at radius 3 is 2.45 bits per heavy atom. The fourth-order valence-corrected chi connectivity index (χ4v) is 2.57. The molecular formula is C9H5N3O7S. The normalized spacial score (nSPS) is 10.4. The van der Waals surface area contributed by atoms with Crippen LogP contribution in [0.5, 0.6) is 0 Å². The topological polar surface area (TPSA) is 140 Å². The Morgan fingerprint density at radius 2 is 1.95 bits per heavy atom. The van der Waals surface area contributed by atoms with Crippen molar-refractivity contribution in [1.82, 2.24) is 0 Å². The van der Waals surface area contributed by atoms with Crippen LogP contribution in [0.3, 0.4) is 0 Å². The summed E-state index contributed by atoms with van der Waals surface area (Å²) >= 11 is 0.544. The van der Waals surface area contributed by atoms with Gasteiger partial charge in [0.1, 0.15) is 0 Å². The molecule has 2 aromatic rings. The van der Waals surface area contributed by atoms with Gasteiger partial charge in [0.2, 0.25) is 5.52 Å². The van der Waals surface area contributed by atoms with E-state index in [0.717, 1.165) is 19.2 Å². The molecule has 0 radical (unpaired) electrons. The Kier molecular flexibility index (Phi) is 3.19. The Bertz CT molecular complexity index is 754. The quantitative estimate of drug-likeness (QED) is 0.272. The number of esters is 1. The standard InChI is InChI=1S/C9H5N3O7S/c1-19-9(13)8-10(14)5-2-4(11(15)16)3-6(12(17)18)7(5)20-8/h2-3H,1H3. The third kappa shape index (κ3) is 1.99. The van der Waals surface area contributed by atoms with E-state index in [9.17, 15) is 30.2 Å². The van der Waals surface area contributed by atoms with Crippen LogP contribution >= 0.6 is 11.3 Å². The van der Waals surface area contributed by atoms with E-state index in [0.29, 0.717) is 11.3 Å². The Labute approximate surface area is 113 Å². The van der Waals surface area contributed by atoms with E-state index in [1.165, 1.54) is 0 Å². The molecule has 11 heteroatoms. The lowest BCUT2D eigenvalue weighted by Crippen LogP contribution is -2.32. The molecule has 10 nitrogen and oxygen atoms in total. The number of carbonyl (C=O) groups excluding carboxylic acids is 1. The fraction of sp³-hybridized carbons (Fsp3) is 0.111. The van der Waals surface area contributed by atoms with Crippen LogP contribution in [0.25, 0.3) is 10.2 Å². The van der Waals surface area contributed by atoms with E-state index in [1.54, 1.807) is 0 Å². The number of thiazole rings is 1. The SMILES string of the molecule is COC(=O)c1sc2c([N+](=O)[O-])cc([N+](=O)[O-])cc2[n+]1[O-]. The molecule has 0 N–H and O–H groups in total. The molecule has 0 amide bonds. The molecule has 0 atom stereocenters. The van der Waals surface area contributed by atoms with Crippen molar-refractivity contribution in [2.45, 2.75) is 0 Å². The van der Waals surface area contributed by atoms with Crippen LogP contribution in [-0.2, 0) is 4.74 Å². The van der Waals surface area contributed by atoms with Gasteiger partial charge in [-0.2, -0.15) is 0 Å². The highest BCUT2D eigenvalue weighted by molar-refractivity contribution is 7.20. The van der Waals surface area contributed by atoms with E-state index in [1.807, 2.05) is 0 Å². The van der Waals surface area contributed by atoms with E-state index >= 15 is 0 Å². The van der Waals surface area contributed by atoms with E-state index in [2.05, 4.69) is 4.74 Å². The smallest absolute Gasteiger partial charge is 0.416 e. The second-order valence-corrected chi connectivity index (χ2v) is 4.52. The molecule has 0 aliphatic heterocycles. The van der Waals surface area contributed by atoms with Crippen molar-refractivity contribution in [3.63, 3.8) is 0 Å². The summed E-state index contributed by atoms with van der Waals surface area (Å²) in [6, 6.07) is 1.61. The van der Waals surface area contributed by atoms with Gasteiger partial charge >= 0.3 is 11.0 Å². The zero-order chi connectivity index (χ0) is 15.0. The third-order valence-electron chi connectivity index (χ3n) is 2.40. The highest BCUT2D eigenvalue weighted by atomic mass is 32.1. The molecule has 1 heterocycles. The van der Waals surface area contributed by atoms with Gasteiger partial charge in [0.15, 0.2) is 4.70 Å². The number of nitro groups is 2. The zero-order valence-electron chi connectivity index (χ0n) is 9.76. The molecule has 0 fully saturated rings. The Morgan fingerprint density at radius 1 is 1.30 bits per heavy atom. The maximum Gasteiger partial charge on any atom is 0.416 e. The van der Waals surface area contributed by atoms with Gasteiger partial charge in [0, 0.05) is 0 Å². The van der Waals surface area contributed by atoms with Crippen molar-refractivity contribution in [3.05, 3.63) is 42.6 Å². The van der Waals surface area contributed by atoms with Crippen LogP contribution in [0.4, 0.5) is 11.4 Å². The maximum atomic E-state index is 11.9. The molecule has 1 aromatic heterocycles. The largest absolute Gasteiger partial charge is 0.617 e. The van der Waals surface area contributed by atoms with Crippen molar-refractivity contribution in [2.24, 2.45) is 0 Å². The number of non-ortho nitro benzene ring substituents is 2. The lowest BCUT2D eigenvalue weighted by Gasteiger charge is -1.96. The number of rotatable bonds is 3. The van der Waals surface area contributed by atoms with Gasteiger partial charge in [-0.3, -0.25) is 20.2 Å². The minimum absolute atomic E-state index is 0.0891. The molecule has 0 aliphatic carbocycles. The molecule has 20 heavy (non-hydrogen) atoms. The number of aromatic nitrogens is 1. The fourth-order valence-electron chi connectivity index (χ4n) is 1.54. The second kappa shape index (κ2) is 4.70. The van der Waals surface area contributed by atoms with Crippen molar-refractivity contribution in [2.75, 3.05) is 7.11 Å². The Hall–Kier alpha value is -2.82. The summed E-state index contributed by atoms with van der Waals surface area (Å²) in [5.74, 6) is -0.974. The third-order valence-corrected chi connectivity index (χ3v) is 3.55. The number of methoxy groups -OCH3 is 1. The first-order valence-corrected chi connectivity index (χ1v) is 5.75. The minimum Gasteiger partial charge on any atom is -0.617 e. The summed E-state index contributed by atoms with van der Waals surface area (Å²) in [4.78, 5) is 31.3. The number of nitrogens with zero attached hydrogens (tertiary/aromatic N) is 3. The van der Waals surface area contributed by atoms with Gasteiger partial charge < -0.3 is 9.94 Å². The summed E-state index contributed by atoms with van der Waals surface area (Å²) in [6.07, 6.45) is 0. The van der Waals surface area contributed by atoms with Gasteiger partial charge in [-0.05, 0) is 11.3 Å². The van der Waals surface area contributed by atoms with Gasteiger partial charge in [0.05, 0.1) is 29.1 Å². The molecule has 0 unspecified atom stereocenters. The van der Waals surface area contributed by atoms with E-state index in [-0.39, 0.29) is 14.9 Å². The van der Waals surface area contributed by atoms with Crippen molar-refractivity contribution < 1.29 is 24.1 Å². The number of carbonyl (C=O) groups is 1. The molecule has 0 saturated heterocycles. The monoisotopic (exact) mass is 299 g/mol. The second-order valence-electron chi connectivity index (χ2n) is 3.52. The van der Waals surface area contributed by atoms with Gasteiger partial charge in [-0.1, -0.05) is 0 Å². The van der Waals surface area contributed by atoms with Crippen molar-refractivity contribution in [1.29, 1.82) is 0 Å². The number of fused-ring (bicyclic) bond motifs is 1. The van der Waals surface area contributed by atoms with Gasteiger partial charge in [0.25, 0.3) is 11.4 Å². The van der Waals surface area contributed by atoms with Gasteiger partial charge in [-0.15, -0.1) is 4.73 Å². The molecule has 0 saturated carbocycles. The van der Waals surface area contributed by atoms with Crippen LogP contribution in [0.15, 0.2) is 12.1 Å². The number of ether oxygens (including phenoxy) is 1. The average Bonchev–Trinajstić information content (AvgIpc) is 2.74. The first-order chi connectivity index (χ1) is 9.36. The minimum atomic E-state index is -0.974. The van der Waals surface area contributed by atoms with Gasteiger partial charge in [-0.25, -0.2) is 4.79 Å². The molecule has 1 aromatic carbocycles. The average molecular weight is 299 g/mol. The number of benzene rings is 1. The number of hydrogen-bond acceptors (Lipinski definition) is 8.